The van der Waals surface area contributed by atoms with E-state index in [-0.39, 0.29) is 0 Å². The first-order valence-corrected chi connectivity index (χ1v) is 17.5. The van der Waals surface area contributed by atoms with Gasteiger partial charge in [-0.1, -0.05) is 0 Å². The van der Waals surface area contributed by atoms with Crippen LogP contribution in [0.15, 0.2) is 48.5 Å². The summed E-state index contributed by atoms with van der Waals surface area (Å²) in [4.78, 5) is 13.9. The summed E-state index contributed by atoms with van der Waals surface area (Å²) < 4.78 is 2.86. The molecule has 0 unspecified atom stereocenters. The summed E-state index contributed by atoms with van der Waals surface area (Å²) in [6.07, 6.45) is 0. The van der Waals surface area contributed by atoms with E-state index in [9.17, 15) is 0 Å². The normalized spacial score (nSPS) is 11.9. The molecule has 7 rings (SSSR count). The Bertz CT molecular complexity index is 1790. The van der Waals surface area contributed by atoms with Gasteiger partial charge in [0.15, 0.2) is 0 Å². The molecule has 0 saturated heterocycles. The van der Waals surface area contributed by atoms with Crippen molar-refractivity contribution in [3.05, 3.63) is 79.2 Å². The van der Waals surface area contributed by atoms with E-state index in [1.165, 1.54) is 91.2 Å². The summed E-state index contributed by atoms with van der Waals surface area (Å²) in [7, 11) is 0. The van der Waals surface area contributed by atoms with E-state index < -0.39 is 0 Å². The largest absolute Gasteiger partial charge is 0.140 e. The van der Waals surface area contributed by atoms with Crippen LogP contribution in [0.4, 0.5) is 0 Å². The van der Waals surface area contributed by atoms with E-state index in [4.69, 9.17) is 0 Å². The molecule has 0 aliphatic heterocycles. The van der Waals surface area contributed by atoms with Crippen molar-refractivity contribution in [3.8, 4) is 40.4 Å². The van der Waals surface area contributed by atoms with E-state index in [1.54, 1.807) is 0 Å². The van der Waals surface area contributed by atoms with Crippen LogP contribution in [0.2, 0.25) is 0 Å². The van der Waals surface area contributed by atoms with Crippen LogP contribution in [-0.2, 0) is 0 Å². The van der Waals surface area contributed by atoms with Crippen molar-refractivity contribution in [1.82, 2.24) is 0 Å². The Morgan fingerprint density at radius 2 is 0.816 bits per heavy atom. The first-order valence-electron chi connectivity index (χ1n) is 12.6. The lowest BCUT2D eigenvalue weighted by molar-refractivity contribution is 1.55. The topological polar surface area (TPSA) is 0 Å². The van der Waals surface area contributed by atoms with Gasteiger partial charge in [0.1, 0.15) is 0 Å². The van der Waals surface area contributed by atoms with E-state index in [0.717, 1.165) is 0 Å². The van der Waals surface area contributed by atoms with Crippen LogP contribution in [-0.4, -0.2) is 0 Å². The van der Waals surface area contributed by atoms with Crippen LogP contribution in [0.1, 0.15) is 30.6 Å². The van der Waals surface area contributed by atoms with Crippen LogP contribution in [0, 0.1) is 41.5 Å². The van der Waals surface area contributed by atoms with Crippen LogP contribution in [0.5, 0.6) is 0 Å². The van der Waals surface area contributed by atoms with Crippen molar-refractivity contribution in [1.29, 1.82) is 0 Å². The summed E-state index contributed by atoms with van der Waals surface area (Å²) >= 11 is 11.6. The molecule has 1 aromatic carbocycles. The molecule has 0 bridgehead atoms. The van der Waals surface area contributed by atoms with E-state index in [0.29, 0.717) is 0 Å². The summed E-state index contributed by atoms with van der Waals surface area (Å²) in [6, 6.07) is 18.8. The molecule has 0 N–H and O–H groups in total. The molecule has 0 aliphatic rings. The maximum Gasteiger partial charge on any atom is 0.0478 e. The minimum atomic E-state index is 1.37. The molecular weight excluding hydrogens is 577 g/mol. The lowest BCUT2D eigenvalue weighted by atomic mass is 9.99. The van der Waals surface area contributed by atoms with Gasteiger partial charge < -0.3 is 0 Å². The molecule has 0 spiro atoms. The van der Waals surface area contributed by atoms with Gasteiger partial charge in [0, 0.05) is 80.1 Å². The molecule has 0 radical (unpaired) electrons. The van der Waals surface area contributed by atoms with Crippen molar-refractivity contribution in [2.45, 2.75) is 41.5 Å². The fraction of sp³-hybridized carbons (Fsp3) is 0.188. The lowest BCUT2D eigenvalue weighted by Crippen LogP contribution is -1.81. The minimum absolute atomic E-state index is 1.37. The second kappa shape index (κ2) is 9.26. The second-order valence-corrected chi connectivity index (χ2v) is 17.2. The monoisotopic (exact) mass is 602 g/mol. The molecule has 6 heterocycles. The van der Waals surface area contributed by atoms with Crippen molar-refractivity contribution in [2.75, 3.05) is 0 Å². The Balaban J connectivity index is 1.50. The Kier molecular flexibility index (Phi) is 6.08. The second-order valence-electron chi connectivity index (χ2n) is 10.0. The number of benzene rings is 1. The number of hydrogen-bond donors (Lipinski definition) is 0. The number of rotatable bonds is 4. The third-order valence-corrected chi connectivity index (χ3v) is 14.0. The van der Waals surface area contributed by atoms with Crippen LogP contribution in [0.25, 0.3) is 60.6 Å². The van der Waals surface area contributed by atoms with Crippen molar-refractivity contribution in [3.63, 3.8) is 0 Å². The maximum atomic E-state index is 2.43. The zero-order valence-corrected chi connectivity index (χ0v) is 27.0. The standard InChI is InChI=1S/C32H26S6/c1-15-11-25(37-29(15)23-9-7-17(3)33-23)27-21-13-19(5)36-32(21)28(22-14-20(6)35-31(22)27)26-12-16(2)30(38-26)24-10-8-18(4)34-24/h7-14H,1-6H3. The molecule has 0 amide bonds. The van der Waals surface area contributed by atoms with Gasteiger partial charge in [-0.05, 0) is 101 Å². The SMILES string of the molecule is Cc1ccc(-c2sc(-c3c4cc(C)sc4c(-c4cc(C)c(-c5ccc(C)s5)s4)c4cc(C)sc34)cc2C)s1. The average molecular weight is 603 g/mol. The third kappa shape index (κ3) is 4.00. The Hall–Kier alpha value is -2.06. The number of aryl methyl sites for hydroxylation is 6. The van der Waals surface area contributed by atoms with Gasteiger partial charge in [0.2, 0.25) is 0 Å². The maximum absolute atomic E-state index is 2.43. The molecule has 7 aromatic rings. The number of thiophene rings is 6. The summed E-state index contributed by atoms with van der Waals surface area (Å²) in [5, 5.41) is 2.82. The van der Waals surface area contributed by atoms with Gasteiger partial charge in [-0.25, -0.2) is 0 Å². The first kappa shape index (κ1) is 24.9. The van der Waals surface area contributed by atoms with Gasteiger partial charge in [0.25, 0.3) is 0 Å². The highest BCUT2D eigenvalue weighted by Crippen LogP contribution is 2.54. The number of fused-ring (bicyclic) bond motifs is 2. The zero-order chi connectivity index (χ0) is 26.3. The Morgan fingerprint density at radius 3 is 1.18 bits per heavy atom. The molecule has 0 aliphatic carbocycles. The van der Waals surface area contributed by atoms with Gasteiger partial charge in [-0.3, -0.25) is 0 Å². The smallest absolute Gasteiger partial charge is 0.0478 e. The van der Waals surface area contributed by atoms with E-state index in [2.05, 4.69) is 90.1 Å². The highest BCUT2D eigenvalue weighted by Gasteiger charge is 2.24. The van der Waals surface area contributed by atoms with Gasteiger partial charge in [-0.2, -0.15) is 0 Å². The Labute approximate surface area is 247 Å². The third-order valence-electron chi connectivity index (χ3n) is 6.96. The predicted octanol–water partition coefficient (Wildman–Crippen LogP) is 12.9. The lowest BCUT2D eigenvalue weighted by Gasteiger charge is -2.09. The van der Waals surface area contributed by atoms with Crippen LogP contribution in [0.3, 0.4) is 0 Å². The van der Waals surface area contributed by atoms with Crippen molar-refractivity contribution < 1.29 is 0 Å². The Morgan fingerprint density at radius 1 is 0.395 bits per heavy atom. The summed E-state index contributed by atoms with van der Waals surface area (Å²) in [5.41, 5.74) is 5.61. The fourth-order valence-corrected chi connectivity index (χ4v) is 12.2. The van der Waals surface area contributed by atoms with Gasteiger partial charge in [0.05, 0.1) is 0 Å². The molecule has 0 nitrogen and oxygen atoms in total. The van der Waals surface area contributed by atoms with Gasteiger partial charge >= 0.3 is 0 Å². The van der Waals surface area contributed by atoms with Crippen molar-refractivity contribution in [2.24, 2.45) is 0 Å². The molecule has 0 saturated carbocycles. The zero-order valence-electron chi connectivity index (χ0n) is 22.1. The molecule has 0 atom stereocenters. The predicted molar refractivity (Wildman–Crippen MR) is 179 cm³/mol. The van der Waals surface area contributed by atoms with Crippen molar-refractivity contribution >= 4 is 88.2 Å². The molecular formula is C32H26S6. The summed E-state index contributed by atoms with van der Waals surface area (Å²) in [5.74, 6) is 0. The van der Waals surface area contributed by atoms with Gasteiger partial charge in [-0.15, -0.1) is 68.0 Å². The van der Waals surface area contributed by atoms with E-state index >= 15 is 0 Å². The molecule has 6 aromatic heterocycles. The number of hydrogen-bond acceptors (Lipinski definition) is 6. The minimum Gasteiger partial charge on any atom is -0.140 e. The fourth-order valence-electron chi connectivity index (χ4n) is 5.32. The average Bonchev–Trinajstić information content (AvgIpc) is 3.68. The highest BCUT2D eigenvalue weighted by molar-refractivity contribution is 7.27. The highest BCUT2D eigenvalue weighted by atomic mass is 32.1. The first-order chi connectivity index (χ1) is 18.3. The summed E-state index contributed by atoms with van der Waals surface area (Å²) in [6.45, 7) is 13.5. The quantitative estimate of drug-likeness (QED) is 0.188. The molecule has 6 heteroatoms. The van der Waals surface area contributed by atoms with E-state index in [1.807, 2.05) is 68.0 Å². The van der Waals surface area contributed by atoms with Crippen LogP contribution < -0.4 is 0 Å². The molecule has 0 fully saturated rings. The molecule has 38 heavy (non-hydrogen) atoms. The molecule has 190 valence electrons. The van der Waals surface area contributed by atoms with Crippen LogP contribution >= 0.6 is 68.0 Å².